The number of nitrogens with one attached hydrogen (secondary N) is 1. The Balaban J connectivity index is 1.42. The van der Waals surface area contributed by atoms with Crippen molar-refractivity contribution in [3.05, 3.63) is 84.4 Å². The normalized spacial score (nSPS) is 16.0. The summed E-state index contributed by atoms with van der Waals surface area (Å²) in [4.78, 5) is 14.4. The monoisotopic (exact) mass is 494 g/mol. The number of carbonyl (C=O) groups is 1. The van der Waals surface area contributed by atoms with E-state index < -0.39 is 21.5 Å². The van der Waals surface area contributed by atoms with Crippen LogP contribution < -0.4 is 9.46 Å². The van der Waals surface area contributed by atoms with Crippen LogP contribution in [0.1, 0.15) is 18.4 Å². The summed E-state index contributed by atoms with van der Waals surface area (Å²) in [7, 11) is -2.42. The number of hydrogen-bond donors (Lipinski definition) is 2. The summed E-state index contributed by atoms with van der Waals surface area (Å²) in [6, 6.07) is 24.0. The first-order valence-electron chi connectivity index (χ1n) is 11.6. The number of benzene rings is 3. The molecular formula is C27H30N2O5S. The molecule has 1 fully saturated rings. The van der Waals surface area contributed by atoms with Gasteiger partial charge in [-0.1, -0.05) is 54.6 Å². The standard InChI is InChI=1S/C27H30N2O5S/c1-34-24-11-7-22(8-12-24)23-9-13-25(14-10-23)35(32,33)28-27(26(30)31)16-19-29(20-17-27)18-15-21-5-3-2-4-6-21/h2-14,28H,15-20H2,1H3,(H,30,31). The Morgan fingerprint density at radius 3 is 2.06 bits per heavy atom. The van der Waals surface area contributed by atoms with Crippen molar-refractivity contribution in [3.8, 4) is 16.9 Å². The fourth-order valence-electron chi connectivity index (χ4n) is 4.38. The molecule has 1 aliphatic rings. The minimum Gasteiger partial charge on any atom is -0.497 e. The van der Waals surface area contributed by atoms with E-state index in [-0.39, 0.29) is 17.7 Å². The van der Waals surface area contributed by atoms with Crippen molar-refractivity contribution in [2.45, 2.75) is 29.7 Å². The topological polar surface area (TPSA) is 95.9 Å². The van der Waals surface area contributed by atoms with E-state index in [1.54, 1.807) is 19.2 Å². The van der Waals surface area contributed by atoms with Crippen molar-refractivity contribution < 1.29 is 23.1 Å². The molecule has 7 nitrogen and oxygen atoms in total. The van der Waals surface area contributed by atoms with Gasteiger partial charge in [0.05, 0.1) is 12.0 Å². The predicted octanol–water partition coefficient (Wildman–Crippen LogP) is 3.80. The highest BCUT2D eigenvalue weighted by Crippen LogP contribution is 2.28. The van der Waals surface area contributed by atoms with Crippen LogP contribution >= 0.6 is 0 Å². The van der Waals surface area contributed by atoms with Crippen molar-refractivity contribution >= 4 is 16.0 Å². The molecule has 4 rings (SSSR count). The van der Waals surface area contributed by atoms with E-state index in [9.17, 15) is 18.3 Å². The highest BCUT2D eigenvalue weighted by atomic mass is 32.2. The van der Waals surface area contributed by atoms with E-state index >= 15 is 0 Å². The molecule has 35 heavy (non-hydrogen) atoms. The van der Waals surface area contributed by atoms with Crippen LogP contribution in [0.4, 0.5) is 0 Å². The third kappa shape index (κ3) is 5.90. The Morgan fingerprint density at radius 2 is 1.51 bits per heavy atom. The minimum atomic E-state index is -4.02. The molecule has 0 unspecified atom stereocenters. The van der Waals surface area contributed by atoms with Crippen molar-refractivity contribution in [1.29, 1.82) is 0 Å². The maximum Gasteiger partial charge on any atom is 0.324 e. The van der Waals surface area contributed by atoms with Crippen molar-refractivity contribution in [2.75, 3.05) is 26.7 Å². The van der Waals surface area contributed by atoms with Crippen LogP contribution in [0.15, 0.2) is 83.8 Å². The van der Waals surface area contributed by atoms with Crippen LogP contribution in [0.25, 0.3) is 11.1 Å². The third-order valence-electron chi connectivity index (χ3n) is 6.60. The summed E-state index contributed by atoms with van der Waals surface area (Å²) in [5, 5.41) is 9.97. The van der Waals surface area contributed by atoms with Crippen LogP contribution in [0.3, 0.4) is 0 Å². The van der Waals surface area contributed by atoms with E-state index in [4.69, 9.17) is 4.74 Å². The molecule has 1 saturated heterocycles. The maximum atomic E-state index is 13.1. The molecule has 184 valence electrons. The molecule has 0 aromatic heterocycles. The van der Waals surface area contributed by atoms with Gasteiger partial charge in [-0.2, -0.15) is 4.72 Å². The molecule has 2 N–H and O–H groups in total. The lowest BCUT2D eigenvalue weighted by Gasteiger charge is -2.39. The van der Waals surface area contributed by atoms with E-state index in [2.05, 4.69) is 21.8 Å². The SMILES string of the molecule is COc1ccc(-c2ccc(S(=O)(=O)NC3(C(=O)O)CCN(CCc4ccccc4)CC3)cc2)cc1. The zero-order valence-electron chi connectivity index (χ0n) is 19.7. The predicted molar refractivity (Wildman–Crippen MR) is 135 cm³/mol. The summed E-state index contributed by atoms with van der Waals surface area (Å²) < 4.78 is 34.0. The lowest BCUT2D eigenvalue weighted by molar-refractivity contribution is -0.146. The second kappa shape index (κ2) is 10.6. The van der Waals surface area contributed by atoms with E-state index in [0.717, 1.165) is 29.8 Å². The first-order valence-corrected chi connectivity index (χ1v) is 13.1. The summed E-state index contributed by atoms with van der Waals surface area (Å²) >= 11 is 0. The number of likely N-dealkylation sites (tertiary alicyclic amines) is 1. The number of aliphatic carboxylic acids is 1. The van der Waals surface area contributed by atoms with Gasteiger partial charge in [0.25, 0.3) is 0 Å². The molecular weight excluding hydrogens is 464 g/mol. The number of piperidine rings is 1. The summed E-state index contributed by atoms with van der Waals surface area (Å²) in [5.74, 6) is -0.402. The first-order chi connectivity index (χ1) is 16.8. The van der Waals surface area contributed by atoms with Gasteiger partial charge in [-0.05, 0) is 60.2 Å². The first kappa shape index (κ1) is 24.9. The van der Waals surface area contributed by atoms with E-state index in [1.807, 2.05) is 42.5 Å². The fourth-order valence-corrected chi connectivity index (χ4v) is 5.79. The number of nitrogens with zero attached hydrogens (tertiary/aromatic N) is 1. The van der Waals surface area contributed by atoms with Crippen molar-refractivity contribution in [3.63, 3.8) is 0 Å². The molecule has 3 aromatic carbocycles. The molecule has 0 atom stereocenters. The number of carboxylic acids is 1. The molecule has 3 aromatic rings. The average Bonchev–Trinajstić information content (AvgIpc) is 2.89. The molecule has 0 aliphatic carbocycles. The highest BCUT2D eigenvalue weighted by molar-refractivity contribution is 7.89. The Morgan fingerprint density at radius 1 is 0.943 bits per heavy atom. The van der Waals surface area contributed by atoms with Crippen LogP contribution in [0.5, 0.6) is 5.75 Å². The fraction of sp³-hybridized carbons (Fsp3) is 0.296. The Bertz CT molecular complexity index is 1230. The molecule has 8 heteroatoms. The summed E-state index contributed by atoms with van der Waals surface area (Å²) in [5.41, 5.74) is 1.48. The zero-order valence-corrected chi connectivity index (χ0v) is 20.5. The van der Waals surface area contributed by atoms with E-state index in [0.29, 0.717) is 13.1 Å². The quantitative estimate of drug-likeness (QED) is 0.470. The van der Waals surface area contributed by atoms with Gasteiger partial charge in [-0.25, -0.2) is 8.42 Å². The molecule has 1 aliphatic heterocycles. The molecule has 0 bridgehead atoms. The number of methoxy groups -OCH3 is 1. The summed E-state index contributed by atoms with van der Waals surface area (Å²) in [6.07, 6.45) is 1.29. The van der Waals surface area contributed by atoms with E-state index in [1.165, 1.54) is 17.7 Å². The Labute approximate surface area is 206 Å². The van der Waals surface area contributed by atoms with Gasteiger partial charge in [-0.3, -0.25) is 4.79 Å². The number of sulfonamides is 1. The maximum absolute atomic E-state index is 13.1. The number of carboxylic acid groups (broad SMARTS) is 1. The van der Waals surface area contributed by atoms with Gasteiger partial charge >= 0.3 is 5.97 Å². The smallest absolute Gasteiger partial charge is 0.324 e. The molecule has 0 saturated carbocycles. The number of ether oxygens (including phenoxy) is 1. The van der Waals surface area contributed by atoms with Gasteiger partial charge in [-0.15, -0.1) is 0 Å². The van der Waals surface area contributed by atoms with Gasteiger partial charge in [0.2, 0.25) is 10.0 Å². The van der Waals surface area contributed by atoms with Gasteiger partial charge in [0, 0.05) is 19.6 Å². The second-order valence-electron chi connectivity index (χ2n) is 8.82. The average molecular weight is 495 g/mol. The van der Waals surface area contributed by atoms with Crippen molar-refractivity contribution in [2.24, 2.45) is 0 Å². The van der Waals surface area contributed by atoms with Crippen LogP contribution in [-0.4, -0.2) is 56.7 Å². The Hall–Kier alpha value is -3.20. The third-order valence-corrected chi connectivity index (χ3v) is 8.15. The van der Waals surface area contributed by atoms with Crippen LogP contribution in [0.2, 0.25) is 0 Å². The molecule has 1 heterocycles. The zero-order chi connectivity index (χ0) is 24.9. The number of hydrogen-bond acceptors (Lipinski definition) is 5. The number of rotatable bonds is 9. The van der Waals surface area contributed by atoms with Crippen LogP contribution in [-0.2, 0) is 21.2 Å². The molecule has 0 radical (unpaired) electrons. The van der Waals surface area contributed by atoms with Crippen LogP contribution in [0, 0.1) is 0 Å². The lowest BCUT2D eigenvalue weighted by Crippen LogP contribution is -2.60. The summed E-state index contributed by atoms with van der Waals surface area (Å²) in [6.45, 7) is 1.83. The van der Waals surface area contributed by atoms with Gasteiger partial charge in [0.15, 0.2) is 0 Å². The van der Waals surface area contributed by atoms with Gasteiger partial charge < -0.3 is 14.7 Å². The van der Waals surface area contributed by atoms with Crippen molar-refractivity contribution in [1.82, 2.24) is 9.62 Å². The minimum absolute atomic E-state index is 0.0434. The molecule has 0 amide bonds. The largest absolute Gasteiger partial charge is 0.497 e. The second-order valence-corrected chi connectivity index (χ2v) is 10.5. The Kier molecular flexibility index (Phi) is 7.54. The van der Waals surface area contributed by atoms with Gasteiger partial charge in [0.1, 0.15) is 11.3 Å². The highest BCUT2D eigenvalue weighted by Gasteiger charge is 2.44. The molecule has 0 spiro atoms. The lowest BCUT2D eigenvalue weighted by atomic mass is 9.88.